The molecule has 1 aromatic heterocycles. The molecule has 0 atom stereocenters. The molecule has 0 radical (unpaired) electrons. The highest BCUT2D eigenvalue weighted by Gasteiger charge is 2.37. The number of aryl methyl sites for hydroxylation is 1. The normalized spacial score (nSPS) is 15.5. The van der Waals surface area contributed by atoms with Crippen LogP contribution in [0.3, 0.4) is 0 Å². The standard InChI is InChI=1S/C15H25F3N4.C4H4O4/c1-11(2)8-22(13-4-6-19-7-5-13)10-12-9-21(3)20-14(12)15(16,17)18;5-3(6)1-2-4(7)8/h9,11,13,19H,4-8,10H2,1-3H3;1-2H,(H,5,6)(H,7,8). The summed E-state index contributed by atoms with van der Waals surface area (Å²) in [5, 5.41) is 22.5. The number of alkyl halides is 3. The number of nitrogens with one attached hydrogen (secondary N) is 1. The zero-order valence-electron chi connectivity index (χ0n) is 17.3. The van der Waals surface area contributed by atoms with Gasteiger partial charge in [0.1, 0.15) is 0 Å². The molecular formula is C19H29F3N4O4. The van der Waals surface area contributed by atoms with Crippen LogP contribution < -0.4 is 5.32 Å². The molecule has 0 spiro atoms. The molecule has 1 saturated heterocycles. The number of hydrogen-bond acceptors (Lipinski definition) is 5. The van der Waals surface area contributed by atoms with Crippen LogP contribution in [0.1, 0.15) is 37.9 Å². The van der Waals surface area contributed by atoms with Crippen molar-refractivity contribution in [1.29, 1.82) is 0 Å². The second kappa shape index (κ2) is 11.7. The van der Waals surface area contributed by atoms with Crippen LogP contribution >= 0.6 is 0 Å². The van der Waals surface area contributed by atoms with Gasteiger partial charge in [0.05, 0.1) is 0 Å². The highest BCUT2D eigenvalue weighted by atomic mass is 19.4. The molecule has 3 N–H and O–H groups in total. The maximum atomic E-state index is 13.1. The van der Waals surface area contributed by atoms with Gasteiger partial charge in [-0.05, 0) is 31.8 Å². The van der Waals surface area contributed by atoms with Gasteiger partial charge in [0.25, 0.3) is 0 Å². The molecule has 1 aliphatic heterocycles. The fourth-order valence-corrected chi connectivity index (χ4v) is 3.24. The molecule has 1 aromatic rings. The molecule has 170 valence electrons. The maximum Gasteiger partial charge on any atom is 0.435 e. The van der Waals surface area contributed by atoms with Crippen molar-refractivity contribution in [2.24, 2.45) is 13.0 Å². The van der Waals surface area contributed by atoms with E-state index in [4.69, 9.17) is 10.2 Å². The van der Waals surface area contributed by atoms with Crippen molar-refractivity contribution in [2.45, 2.75) is 45.5 Å². The highest BCUT2D eigenvalue weighted by molar-refractivity contribution is 5.89. The molecule has 30 heavy (non-hydrogen) atoms. The predicted molar refractivity (Wildman–Crippen MR) is 104 cm³/mol. The van der Waals surface area contributed by atoms with E-state index < -0.39 is 23.8 Å². The number of aliphatic carboxylic acids is 2. The smallest absolute Gasteiger partial charge is 0.435 e. The van der Waals surface area contributed by atoms with E-state index in [1.165, 1.54) is 17.9 Å². The number of rotatable bonds is 7. The minimum Gasteiger partial charge on any atom is -0.478 e. The Hall–Kier alpha value is -2.40. The van der Waals surface area contributed by atoms with E-state index in [9.17, 15) is 22.8 Å². The molecule has 1 aliphatic rings. The summed E-state index contributed by atoms with van der Waals surface area (Å²) in [6, 6.07) is 0.338. The Morgan fingerprint density at radius 3 is 2.23 bits per heavy atom. The lowest BCUT2D eigenvalue weighted by molar-refractivity contribution is -0.142. The lowest BCUT2D eigenvalue weighted by Crippen LogP contribution is -2.44. The number of carbonyl (C=O) groups is 2. The van der Waals surface area contributed by atoms with Gasteiger partial charge in [-0.25, -0.2) is 9.59 Å². The first-order chi connectivity index (χ1) is 13.9. The van der Waals surface area contributed by atoms with E-state index in [0.29, 0.717) is 30.7 Å². The van der Waals surface area contributed by atoms with Crippen molar-refractivity contribution < 1.29 is 33.0 Å². The molecule has 8 nitrogen and oxygen atoms in total. The summed E-state index contributed by atoms with van der Waals surface area (Å²) in [5.74, 6) is -2.10. The highest BCUT2D eigenvalue weighted by Crippen LogP contribution is 2.32. The molecule has 0 unspecified atom stereocenters. The van der Waals surface area contributed by atoms with E-state index in [1.54, 1.807) is 0 Å². The third kappa shape index (κ3) is 9.40. The van der Waals surface area contributed by atoms with Crippen LogP contribution in [0.2, 0.25) is 0 Å². The Labute approximate surface area is 173 Å². The van der Waals surface area contributed by atoms with E-state index >= 15 is 0 Å². The molecule has 0 amide bonds. The van der Waals surface area contributed by atoms with Gasteiger partial charge in [0, 0.05) is 50.1 Å². The summed E-state index contributed by atoms with van der Waals surface area (Å²) in [5.41, 5.74) is -0.480. The lowest BCUT2D eigenvalue weighted by atomic mass is 10.0. The number of nitrogens with zero attached hydrogens (tertiary/aromatic N) is 3. The van der Waals surface area contributed by atoms with Gasteiger partial charge in [-0.15, -0.1) is 0 Å². The van der Waals surface area contributed by atoms with Crippen LogP contribution in [-0.2, 0) is 29.4 Å². The van der Waals surface area contributed by atoms with Gasteiger partial charge >= 0.3 is 18.1 Å². The Morgan fingerprint density at radius 2 is 1.80 bits per heavy atom. The summed E-state index contributed by atoms with van der Waals surface area (Å²) < 4.78 is 40.6. The van der Waals surface area contributed by atoms with Crippen molar-refractivity contribution in [3.8, 4) is 0 Å². The minimum absolute atomic E-state index is 0.272. The van der Waals surface area contributed by atoms with Crippen molar-refractivity contribution in [3.63, 3.8) is 0 Å². The zero-order chi connectivity index (χ0) is 22.9. The first-order valence-corrected chi connectivity index (χ1v) is 9.58. The summed E-state index contributed by atoms with van der Waals surface area (Å²) in [4.78, 5) is 21.3. The quantitative estimate of drug-likeness (QED) is 0.566. The van der Waals surface area contributed by atoms with Gasteiger partial charge in [-0.2, -0.15) is 18.3 Å². The van der Waals surface area contributed by atoms with Crippen LogP contribution in [0.4, 0.5) is 13.2 Å². The van der Waals surface area contributed by atoms with Crippen molar-refractivity contribution in [3.05, 3.63) is 29.6 Å². The number of piperidine rings is 1. The molecule has 11 heteroatoms. The molecule has 0 aromatic carbocycles. The second-order valence-corrected chi connectivity index (χ2v) is 7.49. The molecule has 0 saturated carbocycles. The van der Waals surface area contributed by atoms with Crippen LogP contribution in [0.15, 0.2) is 18.3 Å². The van der Waals surface area contributed by atoms with Crippen LogP contribution in [0.5, 0.6) is 0 Å². The number of carboxylic acids is 2. The largest absolute Gasteiger partial charge is 0.478 e. The average Bonchev–Trinajstić information content (AvgIpc) is 3.01. The molecule has 0 aliphatic carbocycles. The minimum atomic E-state index is -4.39. The summed E-state index contributed by atoms with van der Waals surface area (Å²) in [7, 11) is 1.54. The number of carboxylic acid groups (broad SMARTS) is 2. The summed E-state index contributed by atoms with van der Waals surface area (Å²) >= 11 is 0. The predicted octanol–water partition coefficient (Wildman–Crippen LogP) is 2.36. The molecule has 2 heterocycles. The lowest BCUT2D eigenvalue weighted by Gasteiger charge is -2.35. The van der Waals surface area contributed by atoms with Crippen LogP contribution in [-0.4, -0.2) is 62.5 Å². The second-order valence-electron chi connectivity index (χ2n) is 7.49. The third-order valence-electron chi connectivity index (χ3n) is 4.34. The third-order valence-corrected chi connectivity index (χ3v) is 4.34. The first-order valence-electron chi connectivity index (χ1n) is 9.58. The number of aromatic nitrogens is 2. The molecule has 0 bridgehead atoms. The molecule has 1 fully saturated rings. The van der Waals surface area contributed by atoms with Crippen molar-refractivity contribution in [1.82, 2.24) is 20.0 Å². The first kappa shape index (κ1) is 25.6. The topological polar surface area (TPSA) is 108 Å². The van der Waals surface area contributed by atoms with Crippen molar-refractivity contribution in [2.75, 3.05) is 19.6 Å². The van der Waals surface area contributed by atoms with Crippen LogP contribution in [0.25, 0.3) is 0 Å². The van der Waals surface area contributed by atoms with Gasteiger partial charge in [-0.1, -0.05) is 13.8 Å². The van der Waals surface area contributed by atoms with Crippen molar-refractivity contribution >= 4 is 11.9 Å². The van der Waals surface area contributed by atoms with Gasteiger partial charge < -0.3 is 15.5 Å². The van der Waals surface area contributed by atoms with E-state index in [0.717, 1.165) is 32.5 Å². The zero-order valence-corrected chi connectivity index (χ0v) is 17.3. The van der Waals surface area contributed by atoms with Gasteiger partial charge in [-0.3, -0.25) is 9.58 Å². The molecule has 2 rings (SSSR count). The van der Waals surface area contributed by atoms with Crippen LogP contribution in [0, 0.1) is 5.92 Å². The fraction of sp³-hybridized carbons (Fsp3) is 0.632. The monoisotopic (exact) mass is 434 g/mol. The summed E-state index contributed by atoms with van der Waals surface area (Å²) in [6.07, 6.45) is 0.179. The Morgan fingerprint density at radius 1 is 1.27 bits per heavy atom. The Bertz CT molecular complexity index is 710. The van der Waals surface area contributed by atoms with E-state index in [-0.39, 0.29) is 5.56 Å². The number of halogens is 3. The SMILES string of the molecule is CC(C)CN(Cc1cn(C)nc1C(F)(F)F)C1CCNCC1.O=C(O)C=CC(=O)O. The Kier molecular flexibility index (Phi) is 10.00. The van der Waals surface area contributed by atoms with Gasteiger partial charge in [0.15, 0.2) is 5.69 Å². The summed E-state index contributed by atoms with van der Waals surface area (Å²) in [6.45, 7) is 7.17. The maximum absolute atomic E-state index is 13.1. The van der Waals surface area contributed by atoms with Gasteiger partial charge in [0.2, 0.25) is 0 Å². The average molecular weight is 434 g/mol. The fourth-order valence-electron chi connectivity index (χ4n) is 3.24. The van der Waals surface area contributed by atoms with E-state index in [1.807, 2.05) is 0 Å². The number of hydrogen-bond donors (Lipinski definition) is 3. The molecular weight excluding hydrogens is 405 g/mol. The van der Waals surface area contributed by atoms with E-state index in [2.05, 4.69) is 29.2 Å². The Balaban J connectivity index is 0.000000479.